The lowest BCUT2D eigenvalue weighted by Crippen LogP contribution is -2.08. The summed E-state index contributed by atoms with van der Waals surface area (Å²) in [5.74, 6) is 0.280. The Hall–Kier alpha value is -2.44. The zero-order chi connectivity index (χ0) is 10.8. The molecule has 0 spiro atoms. The number of hydrogen-bond donors (Lipinski definition) is 3. The van der Waals surface area contributed by atoms with Crippen LogP contribution in [0.5, 0.6) is 0 Å². The van der Waals surface area contributed by atoms with Crippen molar-refractivity contribution >= 4 is 11.9 Å². The first-order valence-electron chi connectivity index (χ1n) is 4.12. The standard InChI is InChI=1S/C8H8N6O/c9-7-12-6(13-8(10)14-7)4-2-1-3-5(15)11-4/h1-3H,(H,11,15)(H4,9,10,12,13,14). The van der Waals surface area contributed by atoms with Crippen LogP contribution in [0.25, 0.3) is 11.5 Å². The van der Waals surface area contributed by atoms with E-state index in [-0.39, 0.29) is 23.3 Å². The van der Waals surface area contributed by atoms with Crippen LogP contribution in [0, 0.1) is 0 Å². The number of pyridine rings is 1. The van der Waals surface area contributed by atoms with E-state index in [4.69, 9.17) is 11.5 Å². The number of anilines is 2. The molecule has 5 N–H and O–H groups in total. The van der Waals surface area contributed by atoms with Gasteiger partial charge in [-0.2, -0.15) is 15.0 Å². The van der Waals surface area contributed by atoms with Crippen molar-refractivity contribution in [2.75, 3.05) is 11.5 Å². The number of nitrogen functional groups attached to an aromatic ring is 2. The fraction of sp³-hybridized carbons (Fsp3) is 0. The van der Waals surface area contributed by atoms with E-state index < -0.39 is 0 Å². The molecule has 0 bridgehead atoms. The van der Waals surface area contributed by atoms with Crippen LogP contribution in [0.4, 0.5) is 11.9 Å². The number of nitrogens with two attached hydrogens (primary N) is 2. The summed E-state index contributed by atoms with van der Waals surface area (Å²) in [5.41, 5.74) is 11.0. The molecule has 0 aliphatic heterocycles. The lowest BCUT2D eigenvalue weighted by atomic mass is 10.3. The molecular weight excluding hydrogens is 196 g/mol. The smallest absolute Gasteiger partial charge is 0.248 e. The van der Waals surface area contributed by atoms with Gasteiger partial charge in [0, 0.05) is 6.07 Å². The van der Waals surface area contributed by atoms with E-state index in [0.29, 0.717) is 5.69 Å². The van der Waals surface area contributed by atoms with Gasteiger partial charge in [-0.05, 0) is 6.07 Å². The Morgan fingerprint density at radius 3 is 2.33 bits per heavy atom. The average molecular weight is 204 g/mol. The molecule has 0 radical (unpaired) electrons. The van der Waals surface area contributed by atoms with Gasteiger partial charge in [0.15, 0.2) is 5.82 Å². The molecule has 0 fully saturated rings. The molecule has 0 saturated heterocycles. The summed E-state index contributed by atoms with van der Waals surface area (Å²) < 4.78 is 0. The molecule has 15 heavy (non-hydrogen) atoms. The minimum atomic E-state index is -0.245. The molecule has 0 aliphatic rings. The van der Waals surface area contributed by atoms with Crippen molar-refractivity contribution in [3.8, 4) is 11.5 Å². The van der Waals surface area contributed by atoms with Gasteiger partial charge in [0.1, 0.15) is 0 Å². The highest BCUT2D eigenvalue weighted by Crippen LogP contribution is 2.10. The first kappa shape index (κ1) is 9.13. The fourth-order valence-electron chi connectivity index (χ4n) is 1.11. The SMILES string of the molecule is Nc1nc(N)nc(-c2cccc(=O)[nH]2)n1. The minimum Gasteiger partial charge on any atom is -0.368 e. The molecule has 0 aliphatic carbocycles. The third-order valence-corrected chi connectivity index (χ3v) is 1.68. The Morgan fingerprint density at radius 1 is 1.07 bits per heavy atom. The fourth-order valence-corrected chi connectivity index (χ4v) is 1.11. The van der Waals surface area contributed by atoms with Gasteiger partial charge in [-0.15, -0.1) is 0 Å². The molecule has 0 atom stereocenters. The predicted octanol–water partition coefficient (Wildman–Crippen LogP) is -0.609. The number of nitrogens with zero attached hydrogens (tertiary/aromatic N) is 3. The van der Waals surface area contributed by atoms with E-state index in [2.05, 4.69) is 19.9 Å². The third-order valence-electron chi connectivity index (χ3n) is 1.68. The number of nitrogens with one attached hydrogen (secondary N) is 1. The Labute approximate surface area is 84.2 Å². The molecule has 2 heterocycles. The molecule has 2 aromatic heterocycles. The maximum Gasteiger partial charge on any atom is 0.248 e. The largest absolute Gasteiger partial charge is 0.368 e. The van der Waals surface area contributed by atoms with Crippen LogP contribution in [0.3, 0.4) is 0 Å². The topological polar surface area (TPSA) is 124 Å². The van der Waals surface area contributed by atoms with Crippen LogP contribution in [0.2, 0.25) is 0 Å². The molecule has 0 unspecified atom stereocenters. The molecule has 0 aromatic carbocycles. The van der Waals surface area contributed by atoms with Gasteiger partial charge in [-0.1, -0.05) is 6.07 Å². The number of hydrogen-bond acceptors (Lipinski definition) is 6. The zero-order valence-corrected chi connectivity index (χ0v) is 7.64. The van der Waals surface area contributed by atoms with Crippen LogP contribution >= 0.6 is 0 Å². The Kier molecular flexibility index (Phi) is 2.05. The van der Waals surface area contributed by atoms with Crippen molar-refractivity contribution in [2.45, 2.75) is 0 Å². The molecule has 7 heteroatoms. The van der Waals surface area contributed by atoms with Gasteiger partial charge < -0.3 is 16.5 Å². The van der Waals surface area contributed by atoms with Crippen molar-refractivity contribution in [1.82, 2.24) is 19.9 Å². The number of H-pyrrole nitrogens is 1. The summed E-state index contributed by atoms with van der Waals surface area (Å²) in [4.78, 5) is 24.9. The summed E-state index contributed by atoms with van der Waals surface area (Å²) in [6.45, 7) is 0. The van der Waals surface area contributed by atoms with Gasteiger partial charge in [0.05, 0.1) is 5.69 Å². The molecule has 2 rings (SSSR count). The average Bonchev–Trinajstić information content (AvgIpc) is 2.16. The summed E-state index contributed by atoms with van der Waals surface area (Å²) >= 11 is 0. The molecule has 0 saturated carbocycles. The highest BCUT2D eigenvalue weighted by atomic mass is 16.1. The normalized spacial score (nSPS) is 10.1. The van der Waals surface area contributed by atoms with Crippen molar-refractivity contribution in [3.63, 3.8) is 0 Å². The summed E-state index contributed by atoms with van der Waals surface area (Å²) in [7, 11) is 0. The van der Waals surface area contributed by atoms with Crippen molar-refractivity contribution < 1.29 is 0 Å². The van der Waals surface area contributed by atoms with E-state index in [1.807, 2.05) is 0 Å². The lowest BCUT2D eigenvalue weighted by Gasteiger charge is -2.00. The van der Waals surface area contributed by atoms with Gasteiger partial charge in [-0.25, -0.2) is 0 Å². The van der Waals surface area contributed by atoms with Crippen molar-refractivity contribution in [3.05, 3.63) is 28.6 Å². The second kappa shape index (κ2) is 3.37. The predicted molar refractivity (Wildman–Crippen MR) is 54.7 cm³/mol. The highest BCUT2D eigenvalue weighted by molar-refractivity contribution is 5.51. The monoisotopic (exact) mass is 204 g/mol. The number of rotatable bonds is 1. The third kappa shape index (κ3) is 1.90. The van der Waals surface area contributed by atoms with E-state index in [1.54, 1.807) is 12.1 Å². The molecule has 7 nitrogen and oxygen atoms in total. The summed E-state index contributed by atoms with van der Waals surface area (Å²) in [6.07, 6.45) is 0. The maximum absolute atomic E-state index is 11.0. The van der Waals surface area contributed by atoms with E-state index in [9.17, 15) is 4.79 Å². The van der Waals surface area contributed by atoms with E-state index in [0.717, 1.165) is 0 Å². The van der Waals surface area contributed by atoms with Crippen molar-refractivity contribution in [2.24, 2.45) is 0 Å². The zero-order valence-electron chi connectivity index (χ0n) is 7.64. The molecule has 2 aromatic rings. The second-order valence-corrected chi connectivity index (χ2v) is 2.80. The van der Waals surface area contributed by atoms with E-state index in [1.165, 1.54) is 6.07 Å². The lowest BCUT2D eigenvalue weighted by molar-refractivity contribution is 1.06. The summed E-state index contributed by atoms with van der Waals surface area (Å²) in [6, 6.07) is 4.62. The first-order chi connectivity index (χ1) is 7.15. The van der Waals surface area contributed by atoms with Gasteiger partial charge in [0.25, 0.3) is 0 Å². The van der Waals surface area contributed by atoms with Crippen LogP contribution in [-0.4, -0.2) is 19.9 Å². The molecular formula is C8H8N6O. The van der Waals surface area contributed by atoms with Crippen LogP contribution < -0.4 is 17.0 Å². The van der Waals surface area contributed by atoms with Gasteiger partial charge >= 0.3 is 0 Å². The first-order valence-corrected chi connectivity index (χ1v) is 4.12. The second-order valence-electron chi connectivity index (χ2n) is 2.80. The van der Waals surface area contributed by atoms with Crippen molar-refractivity contribution in [1.29, 1.82) is 0 Å². The highest BCUT2D eigenvalue weighted by Gasteiger charge is 2.04. The summed E-state index contributed by atoms with van der Waals surface area (Å²) in [5, 5.41) is 0. The van der Waals surface area contributed by atoms with E-state index >= 15 is 0 Å². The number of aromatic amines is 1. The Morgan fingerprint density at radius 2 is 1.73 bits per heavy atom. The molecule has 76 valence electrons. The van der Waals surface area contributed by atoms with Crippen LogP contribution in [0.15, 0.2) is 23.0 Å². The van der Waals surface area contributed by atoms with Gasteiger partial charge in [0.2, 0.25) is 17.5 Å². The Bertz CT molecular complexity index is 529. The minimum absolute atomic E-state index is 0.0159. The number of aromatic nitrogens is 4. The van der Waals surface area contributed by atoms with Gasteiger partial charge in [-0.3, -0.25) is 4.79 Å². The quantitative estimate of drug-likeness (QED) is 0.569. The Balaban J connectivity index is 2.58. The van der Waals surface area contributed by atoms with Crippen LogP contribution in [-0.2, 0) is 0 Å². The molecule has 0 amide bonds. The van der Waals surface area contributed by atoms with Crippen LogP contribution in [0.1, 0.15) is 0 Å². The maximum atomic E-state index is 11.0.